The van der Waals surface area contributed by atoms with E-state index in [1.54, 1.807) is 12.1 Å². The van der Waals surface area contributed by atoms with Crippen LogP contribution in [0.15, 0.2) is 22.7 Å². The van der Waals surface area contributed by atoms with Gasteiger partial charge in [0.2, 0.25) is 0 Å². The fraction of sp³-hybridized carbons (Fsp3) is 0.417. The fourth-order valence-corrected chi connectivity index (χ4v) is 2.04. The van der Waals surface area contributed by atoms with Crippen molar-refractivity contribution in [2.75, 3.05) is 6.61 Å². The monoisotopic (exact) mass is 284 g/mol. The van der Waals surface area contributed by atoms with Gasteiger partial charge in [0.25, 0.3) is 0 Å². The molecule has 0 bridgehead atoms. The van der Waals surface area contributed by atoms with E-state index in [4.69, 9.17) is 9.47 Å². The van der Waals surface area contributed by atoms with Crippen LogP contribution in [0.1, 0.15) is 29.6 Å². The van der Waals surface area contributed by atoms with Gasteiger partial charge in [-0.15, -0.1) is 0 Å². The number of ether oxygens (including phenoxy) is 2. The maximum absolute atomic E-state index is 10.9. The summed E-state index contributed by atoms with van der Waals surface area (Å²) < 4.78 is 12.0. The molecule has 1 aromatic carbocycles. The van der Waals surface area contributed by atoms with E-state index < -0.39 is 0 Å². The fourth-order valence-electron chi connectivity index (χ4n) is 1.66. The van der Waals surface area contributed by atoms with Crippen LogP contribution in [0.2, 0.25) is 0 Å². The van der Waals surface area contributed by atoms with Gasteiger partial charge in [-0.25, -0.2) is 0 Å². The molecule has 1 aliphatic heterocycles. The Kier molecular flexibility index (Phi) is 3.96. The molecule has 1 aliphatic rings. The summed E-state index contributed by atoms with van der Waals surface area (Å²) in [5.74, 6) is 0.588. The van der Waals surface area contributed by atoms with Gasteiger partial charge in [0.05, 0.1) is 12.2 Å². The second-order valence-corrected chi connectivity index (χ2v) is 4.63. The van der Waals surface area contributed by atoms with Gasteiger partial charge in [0, 0.05) is 10.9 Å². The van der Waals surface area contributed by atoms with E-state index in [-0.39, 0.29) is 6.29 Å². The molecule has 1 saturated heterocycles. The summed E-state index contributed by atoms with van der Waals surface area (Å²) in [7, 11) is 0. The highest BCUT2D eigenvalue weighted by Crippen LogP contribution is 2.25. The first-order valence-corrected chi connectivity index (χ1v) is 6.12. The zero-order valence-corrected chi connectivity index (χ0v) is 10.4. The molecule has 1 fully saturated rings. The van der Waals surface area contributed by atoms with Crippen molar-refractivity contribution in [1.82, 2.24) is 0 Å². The molecule has 4 heteroatoms. The first kappa shape index (κ1) is 11.6. The van der Waals surface area contributed by atoms with E-state index in [0.717, 1.165) is 36.6 Å². The molecule has 0 aromatic heterocycles. The number of rotatable bonds is 3. The summed E-state index contributed by atoms with van der Waals surface area (Å²) in [5, 5.41) is 0. The SMILES string of the molecule is O=Cc1cc(Br)ccc1OC1CCCCO1. The number of hydrogen-bond donors (Lipinski definition) is 0. The number of carbonyl (C=O) groups excluding carboxylic acids is 1. The van der Waals surface area contributed by atoms with Crippen LogP contribution < -0.4 is 4.74 Å². The van der Waals surface area contributed by atoms with Crippen LogP contribution in [0, 0.1) is 0 Å². The molecular formula is C12H13BrO3. The van der Waals surface area contributed by atoms with Gasteiger partial charge in [0.1, 0.15) is 5.75 Å². The summed E-state index contributed by atoms with van der Waals surface area (Å²) in [4.78, 5) is 10.9. The Morgan fingerprint density at radius 1 is 1.44 bits per heavy atom. The molecule has 0 radical (unpaired) electrons. The predicted molar refractivity (Wildman–Crippen MR) is 63.7 cm³/mol. The van der Waals surface area contributed by atoms with E-state index in [9.17, 15) is 4.79 Å². The Morgan fingerprint density at radius 2 is 2.31 bits per heavy atom. The van der Waals surface area contributed by atoms with Crippen molar-refractivity contribution in [2.24, 2.45) is 0 Å². The Bertz CT molecular complexity index is 373. The number of benzene rings is 1. The minimum atomic E-state index is -0.214. The van der Waals surface area contributed by atoms with Crippen molar-refractivity contribution in [2.45, 2.75) is 25.6 Å². The number of aldehydes is 1. The maximum Gasteiger partial charge on any atom is 0.199 e. The van der Waals surface area contributed by atoms with Gasteiger partial charge in [-0.1, -0.05) is 15.9 Å². The van der Waals surface area contributed by atoms with Crippen LogP contribution >= 0.6 is 15.9 Å². The Balaban J connectivity index is 2.10. The Hall–Kier alpha value is -0.870. The minimum Gasteiger partial charge on any atom is -0.464 e. The molecule has 0 spiro atoms. The molecular weight excluding hydrogens is 272 g/mol. The molecule has 1 unspecified atom stereocenters. The van der Waals surface area contributed by atoms with Gasteiger partial charge in [-0.3, -0.25) is 4.79 Å². The summed E-state index contributed by atoms with van der Waals surface area (Å²) in [6, 6.07) is 5.38. The summed E-state index contributed by atoms with van der Waals surface area (Å²) in [6.07, 6.45) is 3.66. The molecule has 16 heavy (non-hydrogen) atoms. The van der Waals surface area contributed by atoms with Gasteiger partial charge in [-0.2, -0.15) is 0 Å². The molecule has 3 nitrogen and oxygen atoms in total. The third kappa shape index (κ3) is 2.83. The largest absolute Gasteiger partial charge is 0.464 e. The van der Waals surface area contributed by atoms with E-state index in [0.29, 0.717) is 11.3 Å². The van der Waals surface area contributed by atoms with Crippen LogP contribution in [0.4, 0.5) is 0 Å². The zero-order valence-electron chi connectivity index (χ0n) is 8.82. The van der Waals surface area contributed by atoms with Crippen molar-refractivity contribution in [3.63, 3.8) is 0 Å². The lowest BCUT2D eigenvalue weighted by molar-refractivity contribution is -0.106. The first-order chi connectivity index (χ1) is 7.79. The molecule has 0 saturated carbocycles. The van der Waals surface area contributed by atoms with Crippen molar-refractivity contribution in [1.29, 1.82) is 0 Å². The zero-order chi connectivity index (χ0) is 11.4. The van der Waals surface area contributed by atoms with Crippen LogP contribution in [-0.2, 0) is 4.74 Å². The van der Waals surface area contributed by atoms with Gasteiger partial charge >= 0.3 is 0 Å². The summed E-state index contributed by atoms with van der Waals surface area (Å²) in [6.45, 7) is 0.734. The molecule has 86 valence electrons. The third-order valence-corrected chi connectivity index (χ3v) is 2.99. The molecule has 1 heterocycles. The average molecular weight is 285 g/mol. The van der Waals surface area contributed by atoms with Crippen molar-refractivity contribution in [3.8, 4) is 5.75 Å². The van der Waals surface area contributed by atoms with Gasteiger partial charge in [-0.05, 0) is 31.0 Å². The molecule has 0 N–H and O–H groups in total. The predicted octanol–water partition coefficient (Wildman–Crippen LogP) is 3.17. The average Bonchev–Trinajstić information content (AvgIpc) is 2.33. The molecule has 0 amide bonds. The summed E-state index contributed by atoms with van der Waals surface area (Å²) >= 11 is 3.32. The first-order valence-electron chi connectivity index (χ1n) is 5.32. The maximum atomic E-state index is 10.9. The topological polar surface area (TPSA) is 35.5 Å². The smallest absolute Gasteiger partial charge is 0.199 e. The van der Waals surface area contributed by atoms with E-state index in [1.807, 2.05) is 6.07 Å². The third-order valence-electron chi connectivity index (χ3n) is 2.50. The Morgan fingerprint density at radius 3 is 3.00 bits per heavy atom. The van der Waals surface area contributed by atoms with Crippen LogP contribution in [0.3, 0.4) is 0 Å². The molecule has 0 aliphatic carbocycles. The second kappa shape index (κ2) is 5.46. The number of carbonyl (C=O) groups is 1. The lowest BCUT2D eigenvalue weighted by Gasteiger charge is -2.24. The van der Waals surface area contributed by atoms with Crippen LogP contribution in [0.5, 0.6) is 5.75 Å². The van der Waals surface area contributed by atoms with E-state index in [1.165, 1.54) is 0 Å². The standard InChI is InChI=1S/C12H13BrO3/c13-10-4-5-11(9(7-10)8-14)16-12-3-1-2-6-15-12/h4-5,7-8,12H,1-3,6H2. The van der Waals surface area contributed by atoms with E-state index in [2.05, 4.69) is 15.9 Å². The quantitative estimate of drug-likeness (QED) is 0.800. The molecule has 1 atom stereocenters. The van der Waals surface area contributed by atoms with Crippen LogP contribution in [-0.4, -0.2) is 19.2 Å². The number of halogens is 1. The second-order valence-electron chi connectivity index (χ2n) is 3.71. The molecule has 2 rings (SSSR count). The van der Waals surface area contributed by atoms with Crippen molar-refractivity contribution >= 4 is 22.2 Å². The van der Waals surface area contributed by atoms with Crippen molar-refractivity contribution < 1.29 is 14.3 Å². The normalized spacial score (nSPS) is 20.4. The lowest BCUT2D eigenvalue weighted by Crippen LogP contribution is -2.25. The highest BCUT2D eigenvalue weighted by molar-refractivity contribution is 9.10. The minimum absolute atomic E-state index is 0.214. The summed E-state index contributed by atoms with van der Waals surface area (Å²) in [5.41, 5.74) is 0.545. The number of hydrogen-bond acceptors (Lipinski definition) is 3. The van der Waals surface area contributed by atoms with E-state index >= 15 is 0 Å². The lowest BCUT2D eigenvalue weighted by atomic mass is 10.2. The highest BCUT2D eigenvalue weighted by Gasteiger charge is 2.16. The van der Waals surface area contributed by atoms with Crippen LogP contribution in [0.25, 0.3) is 0 Å². The molecule has 1 aromatic rings. The van der Waals surface area contributed by atoms with Gasteiger partial charge < -0.3 is 9.47 Å². The highest BCUT2D eigenvalue weighted by atomic mass is 79.9. The van der Waals surface area contributed by atoms with Gasteiger partial charge in [0.15, 0.2) is 12.6 Å². The van der Waals surface area contributed by atoms with Crippen molar-refractivity contribution in [3.05, 3.63) is 28.2 Å². The Labute approximate surface area is 103 Å².